The third-order valence-electron chi connectivity index (χ3n) is 3.85. The Kier molecular flexibility index (Phi) is 4.48. The van der Waals surface area contributed by atoms with Gasteiger partial charge in [-0.2, -0.15) is 0 Å². The highest BCUT2D eigenvalue weighted by Gasteiger charge is 2.31. The molecule has 2 rings (SSSR count). The molecule has 0 aromatic rings. The zero-order valence-corrected chi connectivity index (χ0v) is 11.8. The van der Waals surface area contributed by atoms with E-state index in [2.05, 4.69) is 16.1 Å². The molecule has 6 heteroatoms. The van der Waals surface area contributed by atoms with E-state index in [-0.39, 0.29) is 29.4 Å². The van der Waals surface area contributed by atoms with Crippen molar-refractivity contribution in [1.29, 1.82) is 0 Å². The lowest BCUT2D eigenvalue weighted by Crippen LogP contribution is -2.44. The highest BCUT2D eigenvalue weighted by atomic mass is 32.2. The van der Waals surface area contributed by atoms with Crippen LogP contribution in [0.5, 0.6) is 0 Å². The van der Waals surface area contributed by atoms with Gasteiger partial charge < -0.3 is 5.32 Å². The molecular formula is C13H20N2O3S. The van der Waals surface area contributed by atoms with Crippen LogP contribution in [0, 0.1) is 18.3 Å². The van der Waals surface area contributed by atoms with Gasteiger partial charge in [-0.1, -0.05) is 5.92 Å². The predicted molar refractivity (Wildman–Crippen MR) is 73.2 cm³/mol. The van der Waals surface area contributed by atoms with Gasteiger partial charge in [0.25, 0.3) is 0 Å². The maximum absolute atomic E-state index is 12.1. The number of piperidine rings is 1. The Hall–Kier alpha value is -1.06. The van der Waals surface area contributed by atoms with Crippen LogP contribution in [0.4, 0.5) is 0 Å². The van der Waals surface area contributed by atoms with Crippen LogP contribution < -0.4 is 5.32 Å². The Balaban J connectivity index is 1.78. The summed E-state index contributed by atoms with van der Waals surface area (Å²) in [4.78, 5) is 14.2. The van der Waals surface area contributed by atoms with Gasteiger partial charge in [0, 0.05) is 12.0 Å². The number of nitrogens with one attached hydrogen (secondary N) is 1. The largest absolute Gasteiger partial charge is 0.352 e. The fourth-order valence-corrected chi connectivity index (χ4v) is 4.38. The van der Waals surface area contributed by atoms with E-state index in [1.165, 1.54) is 0 Å². The lowest BCUT2D eigenvalue weighted by Gasteiger charge is -2.30. The number of nitrogens with zero attached hydrogens (tertiary/aromatic N) is 1. The van der Waals surface area contributed by atoms with E-state index in [0.717, 1.165) is 25.9 Å². The molecule has 0 spiro atoms. The Morgan fingerprint density at radius 3 is 2.53 bits per heavy atom. The van der Waals surface area contributed by atoms with Crippen molar-refractivity contribution in [2.24, 2.45) is 5.92 Å². The Labute approximate surface area is 114 Å². The molecule has 0 bridgehead atoms. The zero-order valence-electron chi connectivity index (χ0n) is 11.0. The van der Waals surface area contributed by atoms with Crippen molar-refractivity contribution in [1.82, 2.24) is 10.2 Å². The average Bonchev–Trinajstić information content (AvgIpc) is 2.70. The molecule has 1 amide bonds. The fourth-order valence-electron chi connectivity index (χ4n) is 2.71. The number of carbonyl (C=O) groups excluding carboxylic acids is 1. The molecule has 0 saturated carbocycles. The second-order valence-electron chi connectivity index (χ2n) is 5.36. The summed E-state index contributed by atoms with van der Waals surface area (Å²) >= 11 is 0. The molecule has 1 unspecified atom stereocenters. The second kappa shape index (κ2) is 5.93. The summed E-state index contributed by atoms with van der Waals surface area (Å²) in [6.45, 7) is 2.31. The minimum Gasteiger partial charge on any atom is -0.352 e. The number of sulfone groups is 1. The smallest absolute Gasteiger partial charge is 0.223 e. The fraction of sp³-hybridized carbons (Fsp3) is 0.769. The van der Waals surface area contributed by atoms with Crippen molar-refractivity contribution in [3.63, 3.8) is 0 Å². The first-order valence-corrected chi connectivity index (χ1v) is 8.49. The van der Waals surface area contributed by atoms with Crippen molar-refractivity contribution >= 4 is 15.7 Å². The number of rotatable bonds is 3. The molecule has 0 aromatic carbocycles. The molecule has 1 atom stereocenters. The lowest BCUT2D eigenvalue weighted by atomic mass is 9.95. The summed E-state index contributed by atoms with van der Waals surface area (Å²) in [5.41, 5.74) is 0. The maximum atomic E-state index is 12.1. The second-order valence-corrected chi connectivity index (χ2v) is 7.59. The molecule has 2 fully saturated rings. The lowest BCUT2D eigenvalue weighted by molar-refractivity contribution is -0.126. The van der Waals surface area contributed by atoms with E-state index >= 15 is 0 Å². The normalized spacial score (nSPS) is 27.8. The number of amides is 1. The maximum Gasteiger partial charge on any atom is 0.223 e. The predicted octanol–water partition coefficient (Wildman–Crippen LogP) is -0.365. The first-order chi connectivity index (χ1) is 9.00. The minimum absolute atomic E-state index is 0.00228. The van der Waals surface area contributed by atoms with Crippen molar-refractivity contribution in [3.05, 3.63) is 0 Å². The van der Waals surface area contributed by atoms with Gasteiger partial charge in [-0.25, -0.2) is 8.42 Å². The summed E-state index contributed by atoms with van der Waals surface area (Å²) in [6.07, 6.45) is 7.40. The molecule has 1 N–H and O–H groups in total. The first-order valence-electron chi connectivity index (χ1n) is 6.67. The molecule has 19 heavy (non-hydrogen) atoms. The molecule has 0 aromatic heterocycles. The molecule has 2 aliphatic rings. The van der Waals surface area contributed by atoms with Crippen LogP contribution in [0.1, 0.15) is 19.3 Å². The third kappa shape index (κ3) is 3.95. The highest BCUT2D eigenvalue weighted by molar-refractivity contribution is 7.91. The molecule has 2 saturated heterocycles. The Morgan fingerprint density at radius 1 is 1.32 bits per heavy atom. The van der Waals surface area contributed by atoms with Crippen molar-refractivity contribution in [3.8, 4) is 12.3 Å². The quantitative estimate of drug-likeness (QED) is 0.719. The number of likely N-dealkylation sites (tertiary alicyclic amines) is 1. The number of terminal acetylenes is 1. The van der Waals surface area contributed by atoms with E-state index < -0.39 is 9.84 Å². The Morgan fingerprint density at radius 2 is 2.00 bits per heavy atom. The van der Waals surface area contributed by atoms with E-state index in [0.29, 0.717) is 13.0 Å². The van der Waals surface area contributed by atoms with Gasteiger partial charge in [0.1, 0.15) is 0 Å². The van der Waals surface area contributed by atoms with Gasteiger partial charge in [-0.3, -0.25) is 9.69 Å². The van der Waals surface area contributed by atoms with Gasteiger partial charge in [0.15, 0.2) is 9.84 Å². The third-order valence-corrected chi connectivity index (χ3v) is 5.62. The first kappa shape index (κ1) is 14.4. The standard InChI is InChI=1S/C13H20N2O3S/c1-2-6-15-7-3-11(4-8-15)13(16)14-12-5-9-19(17,18)10-12/h1,11-12H,3-10H2,(H,14,16). The summed E-state index contributed by atoms with van der Waals surface area (Å²) in [6, 6.07) is -0.193. The van der Waals surface area contributed by atoms with Gasteiger partial charge in [0.2, 0.25) is 5.91 Å². The van der Waals surface area contributed by atoms with Crippen LogP contribution in [0.25, 0.3) is 0 Å². The van der Waals surface area contributed by atoms with Crippen LogP contribution in [0.2, 0.25) is 0 Å². The molecule has 0 radical (unpaired) electrons. The van der Waals surface area contributed by atoms with Gasteiger partial charge in [-0.05, 0) is 32.4 Å². The van der Waals surface area contributed by atoms with Crippen molar-refractivity contribution < 1.29 is 13.2 Å². The summed E-state index contributed by atoms with van der Waals surface area (Å²) in [5, 5.41) is 2.87. The number of hydrogen-bond acceptors (Lipinski definition) is 4. The molecular weight excluding hydrogens is 264 g/mol. The van der Waals surface area contributed by atoms with Gasteiger partial charge in [0.05, 0.1) is 18.1 Å². The number of hydrogen-bond donors (Lipinski definition) is 1. The molecule has 2 aliphatic heterocycles. The van der Waals surface area contributed by atoms with E-state index in [1.54, 1.807) is 0 Å². The van der Waals surface area contributed by atoms with Gasteiger partial charge in [-0.15, -0.1) is 6.42 Å². The summed E-state index contributed by atoms with van der Waals surface area (Å²) in [5.74, 6) is 2.89. The summed E-state index contributed by atoms with van der Waals surface area (Å²) < 4.78 is 22.7. The van der Waals surface area contributed by atoms with Crippen LogP contribution in [0.3, 0.4) is 0 Å². The van der Waals surface area contributed by atoms with E-state index in [4.69, 9.17) is 6.42 Å². The van der Waals surface area contributed by atoms with Crippen LogP contribution in [-0.4, -0.2) is 56.4 Å². The SMILES string of the molecule is C#CCN1CCC(C(=O)NC2CCS(=O)(=O)C2)CC1. The molecule has 106 valence electrons. The molecule has 2 heterocycles. The van der Waals surface area contributed by atoms with Crippen LogP contribution in [-0.2, 0) is 14.6 Å². The van der Waals surface area contributed by atoms with Crippen LogP contribution >= 0.6 is 0 Å². The highest BCUT2D eigenvalue weighted by Crippen LogP contribution is 2.18. The molecule has 5 nitrogen and oxygen atoms in total. The topological polar surface area (TPSA) is 66.5 Å². The van der Waals surface area contributed by atoms with E-state index in [9.17, 15) is 13.2 Å². The van der Waals surface area contributed by atoms with E-state index in [1.807, 2.05) is 0 Å². The monoisotopic (exact) mass is 284 g/mol. The average molecular weight is 284 g/mol. The van der Waals surface area contributed by atoms with Crippen molar-refractivity contribution in [2.45, 2.75) is 25.3 Å². The van der Waals surface area contributed by atoms with Crippen molar-refractivity contribution in [2.75, 3.05) is 31.1 Å². The Bertz CT molecular complexity index is 473. The van der Waals surface area contributed by atoms with Gasteiger partial charge >= 0.3 is 0 Å². The summed E-state index contributed by atoms with van der Waals surface area (Å²) in [7, 11) is -2.93. The molecule has 0 aliphatic carbocycles. The van der Waals surface area contributed by atoms with Crippen LogP contribution in [0.15, 0.2) is 0 Å². The number of carbonyl (C=O) groups is 1. The minimum atomic E-state index is -2.93. The zero-order chi connectivity index (χ0) is 13.9.